The third kappa shape index (κ3) is 3.22. The number of hydrogen-bond acceptors (Lipinski definition) is 3. The maximum atomic E-state index is 5.88. The van der Waals surface area contributed by atoms with Crippen molar-refractivity contribution < 1.29 is 0 Å². The van der Waals surface area contributed by atoms with Crippen molar-refractivity contribution in [3.05, 3.63) is 59.7 Å². The molecule has 0 spiro atoms. The highest BCUT2D eigenvalue weighted by molar-refractivity contribution is 8.03. The second-order valence-electron chi connectivity index (χ2n) is 5.22. The quantitative estimate of drug-likeness (QED) is 0.841. The molecule has 0 fully saturated rings. The van der Waals surface area contributed by atoms with Gasteiger partial charge in [0, 0.05) is 26.8 Å². The number of rotatable bonds is 4. The summed E-state index contributed by atoms with van der Waals surface area (Å²) in [6.07, 6.45) is 1.20. The van der Waals surface area contributed by atoms with Crippen LogP contribution in [0.5, 0.6) is 0 Å². The van der Waals surface area contributed by atoms with E-state index < -0.39 is 0 Å². The molecule has 20 heavy (non-hydrogen) atoms. The molecule has 2 aromatic carbocycles. The highest BCUT2D eigenvalue weighted by Gasteiger charge is 2.21. The molecule has 0 radical (unpaired) electrons. The summed E-state index contributed by atoms with van der Waals surface area (Å²) < 4.78 is 0. The molecule has 2 atom stereocenters. The number of benzene rings is 2. The molecule has 0 amide bonds. The van der Waals surface area contributed by atoms with E-state index in [0.29, 0.717) is 5.25 Å². The predicted molar refractivity (Wildman–Crippen MR) is 89.6 cm³/mol. The number of nitrogens with two attached hydrogens (primary N) is 1. The monoisotopic (exact) mass is 301 g/mol. The highest BCUT2D eigenvalue weighted by atomic mass is 32.2. The van der Waals surface area contributed by atoms with Crippen LogP contribution in [0.1, 0.15) is 24.1 Å². The first-order valence-corrected chi connectivity index (χ1v) is 8.82. The van der Waals surface area contributed by atoms with Crippen LogP contribution in [0, 0.1) is 0 Å². The zero-order chi connectivity index (χ0) is 13.9. The van der Waals surface area contributed by atoms with Crippen molar-refractivity contribution in [1.82, 2.24) is 0 Å². The van der Waals surface area contributed by atoms with Crippen LogP contribution < -0.4 is 5.73 Å². The molecule has 2 N–H and O–H groups in total. The van der Waals surface area contributed by atoms with Gasteiger partial charge in [-0.1, -0.05) is 30.3 Å². The molecule has 1 nitrogen and oxygen atoms in total. The van der Waals surface area contributed by atoms with Crippen LogP contribution in [0.3, 0.4) is 0 Å². The Labute approximate surface area is 129 Å². The van der Waals surface area contributed by atoms with Gasteiger partial charge in [-0.05, 0) is 42.7 Å². The van der Waals surface area contributed by atoms with Crippen LogP contribution in [-0.2, 0) is 6.42 Å². The SMILES string of the molecule is CC(N)c1ccc(SCC2Cc3ccccc3S2)cc1. The summed E-state index contributed by atoms with van der Waals surface area (Å²) in [6.45, 7) is 2.02. The van der Waals surface area contributed by atoms with E-state index in [1.807, 2.05) is 30.4 Å². The van der Waals surface area contributed by atoms with Crippen molar-refractivity contribution in [2.75, 3.05) is 5.75 Å². The van der Waals surface area contributed by atoms with Crippen LogP contribution in [0.2, 0.25) is 0 Å². The van der Waals surface area contributed by atoms with Crippen LogP contribution in [0.15, 0.2) is 58.3 Å². The van der Waals surface area contributed by atoms with Crippen molar-refractivity contribution in [3.63, 3.8) is 0 Å². The van der Waals surface area contributed by atoms with Crippen molar-refractivity contribution in [2.45, 2.75) is 34.4 Å². The van der Waals surface area contributed by atoms with Gasteiger partial charge in [-0.25, -0.2) is 0 Å². The summed E-state index contributed by atoms with van der Waals surface area (Å²) in [6, 6.07) is 17.6. The molecule has 0 aliphatic carbocycles. The first-order chi connectivity index (χ1) is 9.72. The molecule has 3 rings (SSSR count). The fraction of sp³-hybridized carbons (Fsp3) is 0.294. The Morgan fingerprint density at radius 3 is 2.65 bits per heavy atom. The second kappa shape index (κ2) is 6.25. The fourth-order valence-corrected chi connectivity index (χ4v) is 4.79. The molecule has 1 aliphatic heterocycles. The van der Waals surface area contributed by atoms with Gasteiger partial charge in [-0.2, -0.15) is 0 Å². The van der Waals surface area contributed by atoms with E-state index in [4.69, 9.17) is 5.73 Å². The Hall–Kier alpha value is -0.900. The fourth-order valence-electron chi connectivity index (χ4n) is 2.40. The second-order valence-corrected chi connectivity index (χ2v) is 7.66. The van der Waals surface area contributed by atoms with E-state index in [1.54, 1.807) is 0 Å². The molecule has 2 unspecified atom stereocenters. The first kappa shape index (κ1) is 14.1. The van der Waals surface area contributed by atoms with E-state index in [9.17, 15) is 0 Å². The van der Waals surface area contributed by atoms with Gasteiger partial charge in [0.15, 0.2) is 0 Å². The van der Waals surface area contributed by atoms with Crippen molar-refractivity contribution in [2.24, 2.45) is 5.73 Å². The van der Waals surface area contributed by atoms with Crippen LogP contribution in [0.25, 0.3) is 0 Å². The number of hydrogen-bond donors (Lipinski definition) is 1. The predicted octanol–water partition coefficient (Wildman–Crippen LogP) is 4.52. The Morgan fingerprint density at radius 1 is 1.20 bits per heavy atom. The highest BCUT2D eigenvalue weighted by Crippen LogP contribution is 2.39. The minimum Gasteiger partial charge on any atom is -0.324 e. The lowest BCUT2D eigenvalue weighted by molar-refractivity contribution is 0.817. The van der Waals surface area contributed by atoms with Gasteiger partial charge in [0.1, 0.15) is 0 Å². The Bertz CT molecular complexity index is 553. The van der Waals surface area contributed by atoms with Gasteiger partial charge in [0.25, 0.3) is 0 Å². The average molecular weight is 301 g/mol. The van der Waals surface area contributed by atoms with Gasteiger partial charge < -0.3 is 5.73 Å². The Balaban J connectivity index is 1.56. The lowest BCUT2D eigenvalue weighted by Gasteiger charge is -2.09. The van der Waals surface area contributed by atoms with E-state index >= 15 is 0 Å². The molecule has 1 aliphatic rings. The first-order valence-electron chi connectivity index (χ1n) is 6.95. The maximum Gasteiger partial charge on any atom is 0.0266 e. The van der Waals surface area contributed by atoms with Crippen LogP contribution in [0.4, 0.5) is 0 Å². The summed E-state index contributed by atoms with van der Waals surface area (Å²) in [5.41, 5.74) is 8.59. The van der Waals surface area contributed by atoms with Crippen molar-refractivity contribution in [1.29, 1.82) is 0 Å². The largest absolute Gasteiger partial charge is 0.324 e. The van der Waals surface area contributed by atoms with E-state index in [1.165, 1.54) is 27.3 Å². The third-order valence-corrected chi connectivity index (χ3v) is 6.26. The van der Waals surface area contributed by atoms with Crippen LogP contribution in [-0.4, -0.2) is 11.0 Å². The number of fused-ring (bicyclic) bond motifs is 1. The van der Waals surface area contributed by atoms with E-state index in [0.717, 1.165) is 5.75 Å². The lowest BCUT2D eigenvalue weighted by atomic mass is 10.1. The summed E-state index contributed by atoms with van der Waals surface area (Å²) in [5, 5.41) is 0.700. The van der Waals surface area contributed by atoms with Gasteiger partial charge in [0.05, 0.1) is 0 Å². The molecule has 104 valence electrons. The molecule has 0 bridgehead atoms. The summed E-state index contributed by atoms with van der Waals surface area (Å²) >= 11 is 3.97. The van der Waals surface area contributed by atoms with Crippen molar-refractivity contribution in [3.8, 4) is 0 Å². The third-order valence-electron chi connectivity index (χ3n) is 3.56. The van der Waals surface area contributed by atoms with Crippen molar-refractivity contribution >= 4 is 23.5 Å². The van der Waals surface area contributed by atoms with Gasteiger partial charge in [-0.3, -0.25) is 0 Å². The minimum atomic E-state index is 0.119. The maximum absolute atomic E-state index is 5.88. The minimum absolute atomic E-state index is 0.119. The molecule has 1 heterocycles. The van der Waals surface area contributed by atoms with Gasteiger partial charge in [0.2, 0.25) is 0 Å². The molecular formula is C17H19NS2. The van der Waals surface area contributed by atoms with E-state index in [2.05, 4.69) is 48.5 Å². The van der Waals surface area contributed by atoms with Gasteiger partial charge in [-0.15, -0.1) is 23.5 Å². The zero-order valence-corrected chi connectivity index (χ0v) is 13.2. The van der Waals surface area contributed by atoms with E-state index in [-0.39, 0.29) is 6.04 Å². The molecule has 0 aromatic heterocycles. The lowest BCUT2D eigenvalue weighted by Crippen LogP contribution is -2.05. The standard InChI is InChI=1S/C17H19NS2/c1-12(18)13-6-8-15(9-7-13)19-11-16-10-14-4-2-3-5-17(14)20-16/h2-9,12,16H,10-11,18H2,1H3. The van der Waals surface area contributed by atoms with Crippen LogP contribution >= 0.6 is 23.5 Å². The molecule has 0 saturated carbocycles. The average Bonchev–Trinajstić information content (AvgIpc) is 2.88. The topological polar surface area (TPSA) is 26.0 Å². The smallest absolute Gasteiger partial charge is 0.0266 e. The summed E-state index contributed by atoms with van der Waals surface area (Å²) in [4.78, 5) is 2.80. The zero-order valence-electron chi connectivity index (χ0n) is 11.6. The molecule has 3 heteroatoms. The Morgan fingerprint density at radius 2 is 1.95 bits per heavy atom. The normalized spacial score (nSPS) is 18.8. The van der Waals surface area contributed by atoms with Gasteiger partial charge >= 0.3 is 0 Å². The molecule has 2 aromatic rings. The summed E-state index contributed by atoms with van der Waals surface area (Å²) in [7, 11) is 0. The number of thioether (sulfide) groups is 2. The summed E-state index contributed by atoms with van der Waals surface area (Å²) in [5.74, 6) is 1.16. The molecule has 0 saturated heterocycles. The Kier molecular flexibility index (Phi) is 4.39. The molecular weight excluding hydrogens is 282 g/mol.